The number of rotatable bonds is 3. The van der Waals surface area contributed by atoms with Crippen LogP contribution in [0.5, 0.6) is 0 Å². The Balaban J connectivity index is 1.63. The van der Waals surface area contributed by atoms with Gasteiger partial charge in [0.05, 0.1) is 13.0 Å². The Morgan fingerprint density at radius 1 is 1.09 bits per heavy atom. The zero-order valence-corrected chi connectivity index (χ0v) is 13.2. The van der Waals surface area contributed by atoms with Gasteiger partial charge in [0, 0.05) is 32.1 Å². The van der Waals surface area contributed by atoms with Crippen molar-refractivity contribution < 1.29 is 19.5 Å². The molecule has 3 atom stereocenters. The van der Waals surface area contributed by atoms with Gasteiger partial charge in [-0.25, -0.2) is 0 Å². The summed E-state index contributed by atoms with van der Waals surface area (Å²) in [5.41, 5.74) is 0. The van der Waals surface area contributed by atoms with Crippen LogP contribution in [0.3, 0.4) is 0 Å². The second kappa shape index (κ2) is 6.54. The summed E-state index contributed by atoms with van der Waals surface area (Å²) in [6, 6.07) is 0. The number of nitrogens with zero attached hydrogens (tertiary/aromatic N) is 2. The zero-order valence-electron chi connectivity index (χ0n) is 13.2. The van der Waals surface area contributed by atoms with Gasteiger partial charge in [0.15, 0.2) is 0 Å². The molecule has 6 heteroatoms. The van der Waals surface area contributed by atoms with E-state index < -0.39 is 5.97 Å². The van der Waals surface area contributed by atoms with Gasteiger partial charge < -0.3 is 14.8 Å². The third-order valence-corrected chi connectivity index (χ3v) is 5.73. The smallest absolute Gasteiger partial charge is 0.306 e. The summed E-state index contributed by atoms with van der Waals surface area (Å²) in [4.78, 5) is 31.4. The fourth-order valence-corrected chi connectivity index (χ4v) is 4.40. The van der Waals surface area contributed by atoms with Crippen LogP contribution >= 0.6 is 0 Å². The van der Waals surface area contributed by atoms with Gasteiger partial charge in [0.25, 0.3) is 0 Å². The molecular formula is C16H26N2O4. The van der Waals surface area contributed by atoms with Crippen LogP contribution in [0.2, 0.25) is 0 Å². The lowest BCUT2D eigenvalue weighted by molar-refractivity contribution is -0.159. The summed E-state index contributed by atoms with van der Waals surface area (Å²) in [6.07, 6.45) is 4.43. The fourth-order valence-electron chi connectivity index (χ4n) is 4.40. The van der Waals surface area contributed by atoms with Crippen LogP contribution in [0.15, 0.2) is 0 Å². The Morgan fingerprint density at radius 2 is 1.82 bits per heavy atom. The molecule has 6 nitrogen and oxygen atoms in total. The average Bonchev–Trinajstić information content (AvgIpc) is 2.86. The van der Waals surface area contributed by atoms with Gasteiger partial charge in [0.1, 0.15) is 0 Å². The molecule has 3 unspecified atom stereocenters. The minimum absolute atomic E-state index is 0.0761. The molecule has 4 aliphatic rings. The Bertz CT molecular complexity index is 434. The molecule has 1 saturated carbocycles. The average molecular weight is 310 g/mol. The van der Waals surface area contributed by atoms with Crippen LogP contribution in [0.1, 0.15) is 32.1 Å². The first-order valence-electron chi connectivity index (χ1n) is 8.39. The van der Waals surface area contributed by atoms with Crippen LogP contribution in [0, 0.1) is 23.7 Å². The van der Waals surface area contributed by atoms with E-state index in [9.17, 15) is 14.7 Å². The van der Waals surface area contributed by atoms with Gasteiger partial charge in [-0.2, -0.15) is 5.06 Å². The number of amides is 1. The topological polar surface area (TPSA) is 70.1 Å². The first kappa shape index (κ1) is 15.7. The third kappa shape index (κ3) is 3.13. The molecule has 3 heterocycles. The molecule has 2 bridgehead atoms. The van der Waals surface area contributed by atoms with Gasteiger partial charge in [-0.15, -0.1) is 0 Å². The van der Waals surface area contributed by atoms with E-state index in [1.165, 1.54) is 0 Å². The molecule has 3 aliphatic heterocycles. The SMILES string of the molecule is CON1CCC(C(=O)N2CC3CCC(C2)C(C(=O)O)C3)CC1. The molecule has 4 rings (SSSR count). The molecule has 124 valence electrons. The molecular weight excluding hydrogens is 284 g/mol. The zero-order chi connectivity index (χ0) is 15.7. The van der Waals surface area contributed by atoms with E-state index in [1.54, 1.807) is 7.11 Å². The molecule has 22 heavy (non-hydrogen) atoms. The van der Waals surface area contributed by atoms with Gasteiger partial charge in [-0.1, -0.05) is 0 Å². The number of carbonyl (C=O) groups is 2. The summed E-state index contributed by atoms with van der Waals surface area (Å²) < 4.78 is 0. The highest BCUT2D eigenvalue weighted by Gasteiger charge is 2.42. The van der Waals surface area contributed by atoms with Crippen molar-refractivity contribution in [1.29, 1.82) is 0 Å². The Kier molecular flexibility index (Phi) is 4.68. The van der Waals surface area contributed by atoms with Crippen molar-refractivity contribution in [2.24, 2.45) is 23.7 Å². The molecule has 3 saturated heterocycles. The molecule has 0 aromatic heterocycles. The number of aliphatic carboxylic acids is 1. The number of carboxylic acids is 1. The van der Waals surface area contributed by atoms with Crippen molar-refractivity contribution in [3.63, 3.8) is 0 Å². The minimum Gasteiger partial charge on any atom is -0.481 e. The van der Waals surface area contributed by atoms with E-state index in [0.29, 0.717) is 12.5 Å². The van der Waals surface area contributed by atoms with Crippen LogP contribution in [-0.4, -0.2) is 60.2 Å². The van der Waals surface area contributed by atoms with Gasteiger partial charge in [-0.05, 0) is 43.9 Å². The molecule has 1 N–H and O–H groups in total. The van der Waals surface area contributed by atoms with Crippen LogP contribution < -0.4 is 0 Å². The van der Waals surface area contributed by atoms with E-state index in [1.807, 2.05) is 9.96 Å². The summed E-state index contributed by atoms with van der Waals surface area (Å²) in [6.45, 7) is 2.98. The van der Waals surface area contributed by atoms with Crippen LogP contribution in [-0.2, 0) is 14.4 Å². The predicted molar refractivity (Wildman–Crippen MR) is 79.8 cm³/mol. The highest BCUT2D eigenvalue weighted by molar-refractivity contribution is 5.79. The summed E-state index contributed by atoms with van der Waals surface area (Å²) in [5, 5.41) is 11.3. The summed E-state index contributed by atoms with van der Waals surface area (Å²) >= 11 is 0. The van der Waals surface area contributed by atoms with E-state index in [4.69, 9.17) is 4.84 Å². The second-order valence-electron chi connectivity index (χ2n) is 7.01. The standard InChI is InChI=1S/C16H26N2O4/c1-22-18-6-4-12(5-7-18)15(19)17-9-11-2-3-13(10-17)14(8-11)16(20)21/h11-14H,2-10H2,1H3,(H,20,21). The normalized spacial score (nSPS) is 33.7. The van der Waals surface area contributed by atoms with Crippen molar-refractivity contribution in [2.75, 3.05) is 33.3 Å². The van der Waals surface area contributed by atoms with Crippen molar-refractivity contribution in [3.8, 4) is 0 Å². The van der Waals surface area contributed by atoms with E-state index >= 15 is 0 Å². The quantitative estimate of drug-likeness (QED) is 0.849. The molecule has 0 aromatic rings. The molecule has 0 radical (unpaired) electrons. The Hall–Kier alpha value is -1.14. The molecule has 0 spiro atoms. The lowest BCUT2D eigenvalue weighted by atomic mass is 9.76. The highest BCUT2D eigenvalue weighted by Crippen LogP contribution is 2.39. The maximum atomic E-state index is 12.8. The fraction of sp³-hybridized carbons (Fsp3) is 0.875. The lowest BCUT2D eigenvalue weighted by Crippen LogP contribution is -2.44. The van der Waals surface area contributed by atoms with Crippen LogP contribution in [0.4, 0.5) is 0 Å². The van der Waals surface area contributed by atoms with Crippen molar-refractivity contribution in [2.45, 2.75) is 32.1 Å². The Morgan fingerprint density at radius 3 is 2.45 bits per heavy atom. The molecule has 0 aromatic carbocycles. The first-order chi connectivity index (χ1) is 10.6. The molecule has 4 fully saturated rings. The number of piperidine rings is 1. The van der Waals surface area contributed by atoms with Crippen molar-refractivity contribution in [3.05, 3.63) is 0 Å². The minimum atomic E-state index is -0.683. The number of carboxylic acid groups (broad SMARTS) is 1. The molecule has 1 amide bonds. The Labute approximate surface area is 131 Å². The molecule has 1 aliphatic carbocycles. The number of hydrogen-bond acceptors (Lipinski definition) is 4. The highest BCUT2D eigenvalue weighted by atomic mass is 16.7. The van der Waals surface area contributed by atoms with E-state index in [2.05, 4.69) is 0 Å². The van der Waals surface area contributed by atoms with Crippen molar-refractivity contribution in [1.82, 2.24) is 9.96 Å². The number of fused-ring (bicyclic) bond motifs is 4. The van der Waals surface area contributed by atoms with Crippen molar-refractivity contribution >= 4 is 11.9 Å². The monoisotopic (exact) mass is 310 g/mol. The van der Waals surface area contributed by atoms with E-state index in [0.717, 1.165) is 51.7 Å². The van der Waals surface area contributed by atoms with E-state index in [-0.39, 0.29) is 23.7 Å². The third-order valence-electron chi connectivity index (χ3n) is 5.73. The maximum absolute atomic E-state index is 12.8. The van der Waals surface area contributed by atoms with Crippen LogP contribution in [0.25, 0.3) is 0 Å². The number of carbonyl (C=O) groups excluding carboxylic acids is 1. The lowest BCUT2D eigenvalue weighted by Gasteiger charge is -2.33. The predicted octanol–water partition coefficient (Wildman–Crippen LogP) is 1.22. The number of hydroxylamine groups is 2. The second-order valence-corrected chi connectivity index (χ2v) is 7.01. The summed E-state index contributed by atoms with van der Waals surface area (Å²) in [7, 11) is 1.67. The summed E-state index contributed by atoms with van der Waals surface area (Å²) in [5.74, 6) is -0.128. The van der Waals surface area contributed by atoms with Gasteiger partial charge >= 0.3 is 5.97 Å². The van der Waals surface area contributed by atoms with Gasteiger partial charge in [0.2, 0.25) is 5.91 Å². The maximum Gasteiger partial charge on any atom is 0.306 e. The van der Waals surface area contributed by atoms with Gasteiger partial charge in [-0.3, -0.25) is 9.59 Å². The first-order valence-corrected chi connectivity index (χ1v) is 8.39. The number of hydrogen-bond donors (Lipinski definition) is 1. The largest absolute Gasteiger partial charge is 0.481 e.